The van der Waals surface area contributed by atoms with Crippen molar-refractivity contribution in [1.82, 2.24) is 4.90 Å². The third-order valence-corrected chi connectivity index (χ3v) is 5.08. The Labute approximate surface area is 136 Å². The molecule has 1 unspecified atom stereocenters. The Balaban J connectivity index is 1.82. The second kappa shape index (κ2) is 6.19. The van der Waals surface area contributed by atoms with Gasteiger partial charge >= 0.3 is 5.97 Å². The first kappa shape index (κ1) is 15.8. The van der Waals surface area contributed by atoms with Crippen molar-refractivity contribution in [3.8, 4) is 0 Å². The number of hydrogen-bond donors (Lipinski definition) is 1. The summed E-state index contributed by atoms with van der Waals surface area (Å²) in [7, 11) is 0. The van der Waals surface area contributed by atoms with E-state index in [2.05, 4.69) is 12.2 Å². The summed E-state index contributed by atoms with van der Waals surface area (Å²) >= 11 is 0. The van der Waals surface area contributed by atoms with Gasteiger partial charge in [-0.3, -0.25) is 4.79 Å². The highest BCUT2D eigenvalue weighted by Gasteiger charge is 2.37. The van der Waals surface area contributed by atoms with Gasteiger partial charge in [-0.1, -0.05) is 12.2 Å². The maximum absolute atomic E-state index is 12.9. The van der Waals surface area contributed by atoms with Crippen molar-refractivity contribution < 1.29 is 14.7 Å². The molecule has 23 heavy (non-hydrogen) atoms. The van der Waals surface area contributed by atoms with Gasteiger partial charge in [0.2, 0.25) is 0 Å². The van der Waals surface area contributed by atoms with Gasteiger partial charge in [0.05, 0.1) is 5.56 Å². The molecule has 1 heterocycles. The lowest BCUT2D eigenvalue weighted by Gasteiger charge is -2.44. The zero-order valence-electron chi connectivity index (χ0n) is 13.5. The van der Waals surface area contributed by atoms with Crippen molar-refractivity contribution in [3.63, 3.8) is 0 Å². The SMILES string of the molecule is Cc1cc(C(=O)O)cc(C(=O)N2CCCC3(CC=CCC3)C2)c1. The van der Waals surface area contributed by atoms with Gasteiger partial charge < -0.3 is 10.0 Å². The Morgan fingerprint density at radius 1 is 1.13 bits per heavy atom. The minimum absolute atomic E-state index is 0.0372. The third-order valence-electron chi connectivity index (χ3n) is 5.08. The van der Waals surface area contributed by atoms with Crippen LogP contribution in [-0.4, -0.2) is 35.0 Å². The predicted octanol–water partition coefficient (Wildman–Crippen LogP) is 3.66. The lowest BCUT2D eigenvalue weighted by atomic mass is 9.71. The van der Waals surface area contributed by atoms with Crippen LogP contribution in [-0.2, 0) is 0 Å². The van der Waals surface area contributed by atoms with E-state index >= 15 is 0 Å². The molecule has 1 N–H and O–H groups in total. The van der Waals surface area contributed by atoms with Gasteiger partial charge in [0.25, 0.3) is 5.91 Å². The zero-order valence-corrected chi connectivity index (χ0v) is 13.5. The molecule has 0 bridgehead atoms. The summed E-state index contributed by atoms with van der Waals surface area (Å²) in [6, 6.07) is 4.89. The number of likely N-dealkylation sites (tertiary alicyclic amines) is 1. The smallest absolute Gasteiger partial charge is 0.335 e. The Kier molecular flexibility index (Phi) is 4.24. The summed E-state index contributed by atoms with van der Waals surface area (Å²) < 4.78 is 0. The standard InChI is InChI=1S/C19H23NO3/c1-14-10-15(12-16(11-14)18(22)23)17(21)20-9-5-8-19(13-20)6-3-2-4-7-19/h2-3,10-12H,4-9,13H2,1H3,(H,22,23). The lowest BCUT2D eigenvalue weighted by Crippen LogP contribution is -2.46. The van der Waals surface area contributed by atoms with Crippen LogP contribution in [0.3, 0.4) is 0 Å². The van der Waals surface area contributed by atoms with E-state index in [4.69, 9.17) is 0 Å². The predicted molar refractivity (Wildman–Crippen MR) is 88.7 cm³/mol. The highest BCUT2D eigenvalue weighted by atomic mass is 16.4. The van der Waals surface area contributed by atoms with Crippen LogP contribution in [0.2, 0.25) is 0 Å². The van der Waals surface area contributed by atoms with E-state index in [0.29, 0.717) is 5.56 Å². The first-order valence-electron chi connectivity index (χ1n) is 8.28. The number of rotatable bonds is 2. The minimum Gasteiger partial charge on any atom is -0.478 e. The van der Waals surface area contributed by atoms with Crippen molar-refractivity contribution in [2.75, 3.05) is 13.1 Å². The number of carboxylic acid groups (broad SMARTS) is 1. The van der Waals surface area contributed by atoms with E-state index in [0.717, 1.165) is 44.3 Å². The summed E-state index contributed by atoms with van der Waals surface area (Å²) in [5, 5.41) is 9.19. The average molecular weight is 313 g/mol. The van der Waals surface area contributed by atoms with Crippen molar-refractivity contribution in [3.05, 3.63) is 47.0 Å². The Hall–Kier alpha value is -2.10. The Morgan fingerprint density at radius 2 is 1.91 bits per heavy atom. The second-order valence-corrected chi connectivity index (χ2v) is 6.94. The first-order valence-corrected chi connectivity index (χ1v) is 8.28. The molecule has 1 saturated heterocycles. The molecule has 122 valence electrons. The molecule has 1 aliphatic carbocycles. The normalized spacial score (nSPS) is 24.0. The average Bonchev–Trinajstić information content (AvgIpc) is 2.54. The second-order valence-electron chi connectivity index (χ2n) is 6.94. The van der Waals surface area contributed by atoms with Gasteiger partial charge in [-0.05, 0) is 68.2 Å². The third kappa shape index (κ3) is 3.31. The van der Waals surface area contributed by atoms with Gasteiger partial charge in [0, 0.05) is 18.7 Å². The molecular weight excluding hydrogens is 290 g/mol. The summed E-state index contributed by atoms with van der Waals surface area (Å²) in [6.45, 7) is 3.38. The molecule has 4 nitrogen and oxygen atoms in total. The molecule has 4 heteroatoms. The van der Waals surface area contributed by atoms with E-state index in [1.807, 2.05) is 11.8 Å². The molecule has 1 aromatic rings. The van der Waals surface area contributed by atoms with E-state index < -0.39 is 5.97 Å². The summed E-state index contributed by atoms with van der Waals surface area (Å²) in [6.07, 6.45) is 9.95. The maximum atomic E-state index is 12.9. The van der Waals surface area contributed by atoms with Crippen LogP contribution in [0.15, 0.2) is 30.4 Å². The number of benzene rings is 1. The number of carbonyl (C=O) groups excluding carboxylic acids is 1. The van der Waals surface area contributed by atoms with Crippen LogP contribution < -0.4 is 0 Å². The van der Waals surface area contributed by atoms with E-state index in [1.54, 1.807) is 12.1 Å². The fourth-order valence-corrected chi connectivity index (χ4v) is 3.91. The van der Waals surface area contributed by atoms with Gasteiger partial charge in [-0.15, -0.1) is 0 Å². The summed E-state index contributed by atoms with van der Waals surface area (Å²) in [4.78, 5) is 26.0. The molecule has 0 radical (unpaired) electrons. The number of carbonyl (C=O) groups is 2. The number of nitrogens with zero attached hydrogens (tertiary/aromatic N) is 1. The molecule has 1 aromatic carbocycles. The van der Waals surface area contributed by atoms with E-state index in [1.165, 1.54) is 12.5 Å². The molecule has 1 amide bonds. The van der Waals surface area contributed by atoms with Gasteiger partial charge in [0.1, 0.15) is 0 Å². The van der Waals surface area contributed by atoms with Crippen molar-refractivity contribution in [2.24, 2.45) is 5.41 Å². The molecular formula is C19H23NO3. The quantitative estimate of drug-likeness (QED) is 0.848. The van der Waals surface area contributed by atoms with Crippen LogP contribution in [0.5, 0.6) is 0 Å². The van der Waals surface area contributed by atoms with Crippen LogP contribution in [0.1, 0.15) is 58.4 Å². The summed E-state index contributed by atoms with van der Waals surface area (Å²) in [5.74, 6) is -1.03. The molecule has 3 rings (SSSR count). The fourth-order valence-electron chi connectivity index (χ4n) is 3.91. The molecule has 1 atom stereocenters. The number of piperidine rings is 1. The van der Waals surface area contributed by atoms with Crippen molar-refractivity contribution in [2.45, 2.75) is 39.0 Å². The molecule has 2 aliphatic rings. The van der Waals surface area contributed by atoms with Gasteiger partial charge in [-0.2, -0.15) is 0 Å². The molecule has 0 saturated carbocycles. The topological polar surface area (TPSA) is 57.6 Å². The Bertz CT molecular complexity index is 665. The zero-order chi connectivity index (χ0) is 16.4. The molecule has 1 spiro atoms. The number of aromatic carboxylic acids is 1. The number of amides is 1. The summed E-state index contributed by atoms with van der Waals surface area (Å²) in [5.41, 5.74) is 1.70. The Morgan fingerprint density at radius 3 is 2.61 bits per heavy atom. The van der Waals surface area contributed by atoms with Crippen molar-refractivity contribution >= 4 is 11.9 Å². The van der Waals surface area contributed by atoms with Crippen LogP contribution in [0, 0.1) is 12.3 Å². The van der Waals surface area contributed by atoms with Gasteiger partial charge in [0.15, 0.2) is 0 Å². The maximum Gasteiger partial charge on any atom is 0.335 e. The fraction of sp³-hybridized carbons (Fsp3) is 0.474. The first-order chi connectivity index (χ1) is 11.0. The highest BCUT2D eigenvalue weighted by Crippen LogP contribution is 2.41. The number of aryl methyl sites for hydroxylation is 1. The number of hydrogen-bond acceptors (Lipinski definition) is 2. The number of carboxylic acids is 1. The molecule has 1 fully saturated rings. The van der Waals surface area contributed by atoms with Crippen LogP contribution in [0.25, 0.3) is 0 Å². The number of allylic oxidation sites excluding steroid dienone is 2. The van der Waals surface area contributed by atoms with Gasteiger partial charge in [-0.25, -0.2) is 4.79 Å². The van der Waals surface area contributed by atoms with Crippen molar-refractivity contribution in [1.29, 1.82) is 0 Å². The molecule has 1 aliphatic heterocycles. The van der Waals surface area contributed by atoms with E-state index in [9.17, 15) is 14.7 Å². The van der Waals surface area contributed by atoms with Crippen LogP contribution in [0.4, 0.5) is 0 Å². The van der Waals surface area contributed by atoms with E-state index in [-0.39, 0.29) is 16.9 Å². The largest absolute Gasteiger partial charge is 0.478 e. The lowest BCUT2D eigenvalue weighted by molar-refractivity contribution is 0.0484. The minimum atomic E-state index is -0.990. The highest BCUT2D eigenvalue weighted by molar-refractivity contribution is 5.97. The molecule has 0 aromatic heterocycles. The monoisotopic (exact) mass is 313 g/mol. The van der Waals surface area contributed by atoms with Crippen LogP contribution >= 0.6 is 0 Å².